The van der Waals surface area contributed by atoms with Crippen LogP contribution < -0.4 is 0 Å². The minimum Gasteiger partial charge on any atom is -0.272 e. The van der Waals surface area contributed by atoms with Crippen LogP contribution in [0.3, 0.4) is 0 Å². The second kappa shape index (κ2) is 6.19. The van der Waals surface area contributed by atoms with Crippen LogP contribution in [0.1, 0.15) is 22.3 Å². The van der Waals surface area contributed by atoms with Crippen LogP contribution in [-0.4, -0.2) is 21.9 Å². The lowest BCUT2D eigenvalue weighted by atomic mass is 9.97. The molecule has 1 aliphatic heterocycles. The molecule has 0 bridgehead atoms. The number of carbonyl (C=O) groups is 1. The third-order valence-corrected chi connectivity index (χ3v) is 4.46. The Morgan fingerprint density at radius 1 is 1.04 bits per heavy atom. The van der Waals surface area contributed by atoms with Gasteiger partial charge in [0.1, 0.15) is 5.69 Å². The Bertz CT molecular complexity index is 1070. The van der Waals surface area contributed by atoms with Crippen molar-refractivity contribution in [3.05, 3.63) is 59.7 Å². The number of nitrogens with zero attached hydrogens (tertiary/aromatic N) is 3. The van der Waals surface area contributed by atoms with Gasteiger partial charge >= 0.3 is 6.18 Å². The van der Waals surface area contributed by atoms with Crippen molar-refractivity contribution in [2.45, 2.75) is 19.5 Å². The van der Waals surface area contributed by atoms with Crippen LogP contribution in [0.25, 0.3) is 22.4 Å². The molecule has 2 aromatic carbocycles. The average molecular weight is 369 g/mol. The van der Waals surface area contributed by atoms with Crippen LogP contribution in [0.5, 0.6) is 0 Å². The highest BCUT2D eigenvalue weighted by Gasteiger charge is 2.33. The average Bonchev–Trinajstić information content (AvgIpc) is 3.03. The number of aliphatic imine (C=N–C) groups is 1. The minimum atomic E-state index is -4.47. The van der Waals surface area contributed by atoms with Crippen LogP contribution in [0.2, 0.25) is 0 Å². The zero-order chi connectivity index (χ0) is 19.2. The maximum absolute atomic E-state index is 13.4. The summed E-state index contributed by atoms with van der Waals surface area (Å²) >= 11 is 0. The quantitative estimate of drug-likeness (QED) is 0.616. The number of fused-ring (bicyclic) bond motifs is 1. The fourth-order valence-corrected chi connectivity index (χ4v) is 3.15. The number of aromatic nitrogens is 2. The number of benzene rings is 2. The molecule has 0 saturated carbocycles. The van der Waals surface area contributed by atoms with Crippen molar-refractivity contribution in [1.82, 2.24) is 9.78 Å². The summed E-state index contributed by atoms with van der Waals surface area (Å²) in [5.74, 6) is 0.0631. The topological polar surface area (TPSA) is 47.2 Å². The van der Waals surface area contributed by atoms with Crippen molar-refractivity contribution < 1.29 is 18.0 Å². The van der Waals surface area contributed by atoms with E-state index in [4.69, 9.17) is 0 Å². The van der Waals surface area contributed by atoms with Gasteiger partial charge in [0.25, 0.3) is 5.91 Å². The number of rotatable bonds is 2. The van der Waals surface area contributed by atoms with Crippen molar-refractivity contribution in [3.8, 4) is 22.4 Å². The molecule has 27 heavy (non-hydrogen) atoms. The zero-order valence-electron chi connectivity index (χ0n) is 14.3. The fraction of sp³-hybridized carbons (Fsp3) is 0.150. The highest BCUT2D eigenvalue weighted by molar-refractivity contribution is 6.01. The van der Waals surface area contributed by atoms with Gasteiger partial charge in [-0.05, 0) is 24.1 Å². The highest BCUT2D eigenvalue weighted by Crippen LogP contribution is 2.42. The molecule has 0 spiro atoms. The maximum Gasteiger partial charge on any atom is 0.416 e. The van der Waals surface area contributed by atoms with Crippen LogP contribution in [-0.2, 0) is 6.18 Å². The molecule has 2 heterocycles. The molecule has 1 aliphatic rings. The molecule has 0 atom stereocenters. The van der Waals surface area contributed by atoms with E-state index in [1.54, 1.807) is 6.07 Å². The van der Waals surface area contributed by atoms with E-state index in [9.17, 15) is 18.0 Å². The molecule has 0 saturated heterocycles. The van der Waals surface area contributed by atoms with E-state index in [-0.39, 0.29) is 23.5 Å². The van der Waals surface area contributed by atoms with Gasteiger partial charge in [-0.3, -0.25) is 4.79 Å². The Kier molecular flexibility index (Phi) is 3.95. The summed E-state index contributed by atoms with van der Waals surface area (Å²) < 4.78 is 41.2. The third kappa shape index (κ3) is 2.95. The van der Waals surface area contributed by atoms with Gasteiger partial charge in [-0.1, -0.05) is 42.5 Å². The summed E-state index contributed by atoms with van der Waals surface area (Å²) in [6, 6.07) is 13.2. The summed E-state index contributed by atoms with van der Waals surface area (Å²) in [7, 11) is 0. The summed E-state index contributed by atoms with van der Waals surface area (Å²) in [6.45, 7) is 1.41. The van der Waals surface area contributed by atoms with E-state index in [1.165, 1.54) is 23.9 Å². The lowest BCUT2D eigenvalue weighted by Crippen LogP contribution is -2.15. The Balaban J connectivity index is 2.00. The Morgan fingerprint density at radius 2 is 1.78 bits per heavy atom. The molecule has 0 fully saturated rings. The van der Waals surface area contributed by atoms with Gasteiger partial charge in [-0.25, -0.2) is 4.99 Å². The normalized spacial score (nSPS) is 13.7. The molecule has 1 aromatic heterocycles. The van der Waals surface area contributed by atoms with Gasteiger partial charge in [-0.2, -0.15) is 23.0 Å². The van der Waals surface area contributed by atoms with Crippen molar-refractivity contribution in [2.24, 2.45) is 4.99 Å². The molecule has 4 nitrogen and oxygen atoms in total. The summed E-state index contributed by atoms with van der Waals surface area (Å²) in [5, 5.41) is 4.32. The van der Waals surface area contributed by atoms with Crippen molar-refractivity contribution in [2.75, 3.05) is 0 Å². The Morgan fingerprint density at radius 3 is 2.48 bits per heavy atom. The van der Waals surface area contributed by atoms with Crippen LogP contribution in [0, 0.1) is 6.92 Å². The first-order valence-corrected chi connectivity index (χ1v) is 8.28. The molecule has 3 aromatic rings. The standard InChI is InChI=1S/C20H14F3N3O/c1-12-7-8-14(11-15(12)20(21,22)23)18-17(13-5-3-2-4-6-13)19-24-10-9-16(27)26(19)25-18/h2-8,10-11H,9H2,1H3. The highest BCUT2D eigenvalue weighted by atomic mass is 19.4. The number of alkyl halides is 3. The zero-order valence-corrected chi connectivity index (χ0v) is 14.3. The number of carbonyl (C=O) groups excluding carboxylic acids is 1. The second-order valence-electron chi connectivity index (χ2n) is 6.26. The van der Waals surface area contributed by atoms with Crippen LogP contribution >= 0.6 is 0 Å². The molecule has 0 amide bonds. The lowest BCUT2D eigenvalue weighted by Gasteiger charge is -2.12. The van der Waals surface area contributed by atoms with E-state index in [0.717, 1.165) is 11.6 Å². The molecule has 0 radical (unpaired) electrons. The van der Waals surface area contributed by atoms with Gasteiger partial charge in [-0.15, -0.1) is 0 Å². The number of hydrogen-bond donors (Lipinski definition) is 0. The van der Waals surface area contributed by atoms with Crippen LogP contribution in [0.15, 0.2) is 53.5 Å². The number of aryl methyl sites for hydroxylation is 1. The van der Waals surface area contributed by atoms with Crippen molar-refractivity contribution in [1.29, 1.82) is 0 Å². The molecule has 0 N–H and O–H groups in total. The van der Waals surface area contributed by atoms with Crippen LogP contribution in [0.4, 0.5) is 19.0 Å². The summed E-state index contributed by atoms with van der Waals surface area (Å²) in [6.07, 6.45) is -2.88. The van der Waals surface area contributed by atoms with Gasteiger partial charge in [0, 0.05) is 11.8 Å². The van der Waals surface area contributed by atoms with E-state index in [1.807, 2.05) is 30.3 Å². The summed E-state index contributed by atoms with van der Waals surface area (Å²) in [5.41, 5.74) is 1.27. The van der Waals surface area contributed by atoms with E-state index in [2.05, 4.69) is 10.1 Å². The van der Waals surface area contributed by atoms with Gasteiger partial charge < -0.3 is 0 Å². The maximum atomic E-state index is 13.4. The van der Waals surface area contributed by atoms with Crippen molar-refractivity contribution >= 4 is 17.9 Å². The molecule has 0 aliphatic carbocycles. The molecular weight excluding hydrogens is 355 g/mol. The first kappa shape index (κ1) is 17.2. The van der Waals surface area contributed by atoms with Gasteiger partial charge in [0.2, 0.25) is 0 Å². The third-order valence-electron chi connectivity index (χ3n) is 4.46. The summed E-state index contributed by atoms with van der Waals surface area (Å²) in [4.78, 5) is 16.5. The number of hydrogen-bond acceptors (Lipinski definition) is 3. The van der Waals surface area contributed by atoms with Gasteiger partial charge in [0.05, 0.1) is 17.5 Å². The van der Waals surface area contributed by atoms with Gasteiger partial charge in [0.15, 0.2) is 5.82 Å². The first-order valence-electron chi connectivity index (χ1n) is 8.28. The SMILES string of the molecule is Cc1ccc(-c2nn3c(c2-c2ccccc2)N=CCC3=O)cc1C(F)(F)F. The lowest BCUT2D eigenvalue weighted by molar-refractivity contribution is -0.138. The van der Waals surface area contributed by atoms with E-state index in [0.29, 0.717) is 17.1 Å². The largest absolute Gasteiger partial charge is 0.416 e. The number of halogens is 3. The van der Waals surface area contributed by atoms with Crippen molar-refractivity contribution in [3.63, 3.8) is 0 Å². The predicted molar refractivity (Wildman–Crippen MR) is 96.2 cm³/mol. The first-order chi connectivity index (χ1) is 12.9. The second-order valence-corrected chi connectivity index (χ2v) is 6.26. The Labute approximate surface area is 153 Å². The Hall–Kier alpha value is -3.22. The fourth-order valence-electron chi connectivity index (χ4n) is 3.15. The molecule has 7 heteroatoms. The smallest absolute Gasteiger partial charge is 0.272 e. The molecule has 136 valence electrons. The van der Waals surface area contributed by atoms with E-state index >= 15 is 0 Å². The van der Waals surface area contributed by atoms with E-state index < -0.39 is 11.7 Å². The minimum absolute atomic E-state index is 0.101. The molecule has 4 rings (SSSR count). The monoisotopic (exact) mass is 369 g/mol. The molecular formula is C20H14F3N3O. The molecule has 0 unspecified atom stereocenters. The predicted octanol–water partition coefficient (Wildman–Crippen LogP) is 5.29.